The molecule has 0 amide bonds. The molecule has 0 unspecified atom stereocenters. The first-order chi connectivity index (χ1) is 8.92. The molecule has 18 heavy (non-hydrogen) atoms. The number of piperidine rings is 1. The van der Waals surface area contributed by atoms with E-state index in [2.05, 4.69) is 39.7 Å². The fraction of sp³-hybridized carbons (Fsp3) is 0.400. The summed E-state index contributed by atoms with van der Waals surface area (Å²) >= 11 is 0. The van der Waals surface area contributed by atoms with E-state index in [0.717, 1.165) is 6.54 Å². The standard InChI is InChI=1S/C15H19N3/c1-2-8-18(9-3-1)17-11-13-4-5-15-12-16-7-6-14(15)10-13/h4-7,10,12,17H,1-3,8-9,11H2. The van der Waals surface area contributed by atoms with E-state index in [-0.39, 0.29) is 0 Å². The first kappa shape index (κ1) is 11.6. The zero-order valence-corrected chi connectivity index (χ0v) is 10.6. The number of nitrogens with zero attached hydrogens (tertiary/aromatic N) is 2. The van der Waals surface area contributed by atoms with E-state index >= 15 is 0 Å². The number of rotatable bonds is 3. The van der Waals surface area contributed by atoms with Crippen molar-refractivity contribution < 1.29 is 0 Å². The lowest BCUT2D eigenvalue weighted by atomic mass is 10.1. The molecule has 0 bridgehead atoms. The number of hydrogen-bond donors (Lipinski definition) is 1. The van der Waals surface area contributed by atoms with Crippen LogP contribution in [-0.2, 0) is 6.54 Å². The second kappa shape index (κ2) is 5.46. The summed E-state index contributed by atoms with van der Waals surface area (Å²) in [5.41, 5.74) is 4.85. The highest BCUT2D eigenvalue weighted by Crippen LogP contribution is 2.14. The highest BCUT2D eigenvalue weighted by molar-refractivity contribution is 5.81. The van der Waals surface area contributed by atoms with E-state index in [9.17, 15) is 0 Å². The van der Waals surface area contributed by atoms with E-state index in [0.29, 0.717) is 0 Å². The zero-order chi connectivity index (χ0) is 12.2. The van der Waals surface area contributed by atoms with Crippen LogP contribution in [0.15, 0.2) is 36.7 Å². The lowest BCUT2D eigenvalue weighted by Gasteiger charge is -2.27. The van der Waals surface area contributed by atoms with E-state index in [1.165, 1.54) is 48.7 Å². The number of fused-ring (bicyclic) bond motifs is 1. The van der Waals surface area contributed by atoms with Gasteiger partial charge in [-0.2, -0.15) is 0 Å². The maximum Gasteiger partial charge on any atom is 0.0353 e. The van der Waals surface area contributed by atoms with Crippen LogP contribution in [0, 0.1) is 0 Å². The average molecular weight is 241 g/mol. The molecule has 1 aromatic heterocycles. The molecule has 1 aliphatic rings. The highest BCUT2D eigenvalue weighted by Gasteiger charge is 2.08. The van der Waals surface area contributed by atoms with Gasteiger partial charge in [0.25, 0.3) is 0 Å². The molecular weight excluding hydrogens is 222 g/mol. The summed E-state index contributed by atoms with van der Waals surface area (Å²) in [6.07, 6.45) is 7.77. The van der Waals surface area contributed by atoms with Crippen LogP contribution < -0.4 is 5.43 Å². The molecule has 0 aliphatic carbocycles. The van der Waals surface area contributed by atoms with Gasteiger partial charge in [0.05, 0.1) is 0 Å². The Labute approximate surface area is 108 Å². The van der Waals surface area contributed by atoms with Crippen molar-refractivity contribution >= 4 is 10.8 Å². The fourth-order valence-corrected chi connectivity index (χ4v) is 2.50. The molecule has 0 radical (unpaired) electrons. The molecule has 1 aliphatic heterocycles. The van der Waals surface area contributed by atoms with Gasteiger partial charge in [-0.1, -0.05) is 18.6 Å². The van der Waals surface area contributed by atoms with E-state index in [1.807, 2.05) is 12.4 Å². The van der Waals surface area contributed by atoms with Crippen molar-refractivity contribution in [3.05, 3.63) is 42.2 Å². The molecule has 0 spiro atoms. The lowest BCUT2D eigenvalue weighted by molar-refractivity contribution is 0.151. The Morgan fingerprint density at radius 1 is 1.06 bits per heavy atom. The first-order valence-electron chi connectivity index (χ1n) is 6.73. The van der Waals surface area contributed by atoms with Crippen LogP contribution in [0.3, 0.4) is 0 Å². The Morgan fingerprint density at radius 2 is 1.94 bits per heavy atom. The van der Waals surface area contributed by atoms with Gasteiger partial charge in [0.2, 0.25) is 0 Å². The summed E-state index contributed by atoms with van der Waals surface area (Å²) < 4.78 is 0. The molecule has 0 atom stereocenters. The molecule has 3 heteroatoms. The van der Waals surface area contributed by atoms with Crippen molar-refractivity contribution in [3.63, 3.8) is 0 Å². The second-order valence-corrected chi connectivity index (χ2v) is 4.94. The minimum atomic E-state index is 0.915. The zero-order valence-electron chi connectivity index (χ0n) is 10.6. The molecule has 94 valence electrons. The van der Waals surface area contributed by atoms with Crippen molar-refractivity contribution in [3.8, 4) is 0 Å². The van der Waals surface area contributed by atoms with E-state index < -0.39 is 0 Å². The number of benzene rings is 1. The largest absolute Gasteiger partial charge is 0.264 e. The van der Waals surface area contributed by atoms with E-state index in [1.54, 1.807) is 0 Å². The number of nitrogens with one attached hydrogen (secondary N) is 1. The Morgan fingerprint density at radius 3 is 2.83 bits per heavy atom. The summed E-state index contributed by atoms with van der Waals surface area (Å²) in [5.74, 6) is 0. The predicted molar refractivity (Wildman–Crippen MR) is 74.0 cm³/mol. The third kappa shape index (κ3) is 2.68. The number of pyridine rings is 1. The third-order valence-corrected chi connectivity index (χ3v) is 3.57. The van der Waals surface area contributed by atoms with Crippen molar-refractivity contribution in [1.82, 2.24) is 15.4 Å². The summed E-state index contributed by atoms with van der Waals surface area (Å²) in [5, 5.41) is 4.82. The Balaban J connectivity index is 1.66. The Hall–Kier alpha value is -1.45. The maximum absolute atomic E-state index is 4.14. The van der Waals surface area contributed by atoms with Crippen molar-refractivity contribution in [1.29, 1.82) is 0 Å². The molecule has 2 aromatic rings. The normalized spacial score (nSPS) is 17.1. The van der Waals surface area contributed by atoms with Gasteiger partial charge in [-0.3, -0.25) is 10.4 Å². The third-order valence-electron chi connectivity index (χ3n) is 3.57. The van der Waals surface area contributed by atoms with Gasteiger partial charge >= 0.3 is 0 Å². The molecule has 1 aromatic carbocycles. The monoisotopic (exact) mass is 241 g/mol. The molecule has 3 rings (SSSR count). The lowest BCUT2D eigenvalue weighted by Crippen LogP contribution is -2.41. The Bertz CT molecular complexity index is 518. The summed E-state index contributed by atoms with van der Waals surface area (Å²) in [6.45, 7) is 3.27. The molecule has 3 nitrogen and oxygen atoms in total. The maximum atomic E-state index is 4.14. The number of hydrazine groups is 1. The molecule has 1 fully saturated rings. The fourth-order valence-electron chi connectivity index (χ4n) is 2.50. The van der Waals surface area contributed by atoms with Crippen LogP contribution in [-0.4, -0.2) is 23.1 Å². The van der Waals surface area contributed by atoms with Gasteiger partial charge in [0.1, 0.15) is 0 Å². The summed E-state index contributed by atoms with van der Waals surface area (Å²) in [4.78, 5) is 4.14. The van der Waals surface area contributed by atoms with Crippen molar-refractivity contribution in [2.75, 3.05) is 13.1 Å². The molecule has 0 saturated carbocycles. The topological polar surface area (TPSA) is 28.2 Å². The van der Waals surface area contributed by atoms with Crippen molar-refractivity contribution in [2.24, 2.45) is 0 Å². The SMILES string of the molecule is c1cc2cc(CNN3CCCCC3)ccc2cn1. The smallest absolute Gasteiger partial charge is 0.0353 e. The number of hydrogen-bond acceptors (Lipinski definition) is 3. The van der Waals surface area contributed by atoms with E-state index in [4.69, 9.17) is 0 Å². The van der Waals surface area contributed by atoms with Gasteiger partial charge in [0, 0.05) is 37.4 Å². The van der Waals surface area contributed by atoms with Crippen molar-refractivity contribution in [2.45, 2.75) is 25.8 Å². The van der Waals surface area contributed by atoms with Crippen LogP contribution >= 0.6 is 0 Å². The summed E-state index contributed by atoms with van der Waals surface area (Å²) in [7, 11) is 0. The molecule has 1 N–H and O–H groups in total. The summed E-state index contributed by atoms with van der Waals surface area (Å²) in [6, 6.07) is 8.64. The van der Waals surface area contributed by atoms with Crippen LogP contribution in [0.4, 0.5) is 0 Å². The number of aromatic nitrogens is 1. The molecule has 1 saturated heterocycles. The van der Waals surface area contributed by atoms with Gasteiger partial charge in [0.15, 0.2) is 0 Å². The quantitative estimate of drug-likeness (QED) is 0.895. The van der Waals surface area contributed by atoms with Crippen LogP contribution in [0.25, 0.3) is 10.8 Å². The van der Waals surface area contributed by atoms with Gasteiger partial charge in [-0.05, 0) is 35.9 Å². The van der Waals surface area contributed by atoms with Gasteiger partial charge < -0.3 is 0 Å². The average Bonchev–Trinajstić information content (AvgIpc) is 2.46. The second-order valence-electron chi connectivity index (χ2n) is 4.94. The minimum absolute atomic E-state index is 0.915. The van der Waals surface area contributed by atoms with Gasteiger partial charge in [-0.15, -0.1) is 0 Å². The van der Waals surface area contributed by atoms with Crippen LogP contribution in [0.5, 0.6) is 0 Å². The minimum Gasteiger partial charge on any atom is -0.264 e. The highest BCUT2D eigenvalue weighted by atomic mass is 15.5. The molecule has 2 heterocycles. The van der Waals surface area contributed by atoms with Crippen LogP contribution in [0.2, 0.25) is 0 Å². The van der Waals surface area contributed by atoms with Gasteiger partial charge in [-0.25, -0.2) is 5.01 Å². The molecular formula is C15H19N3. The first-order valence-corrected chi connectivity index (χ1v) is 6.73. The van der Waals surface area contributed by atoms with Crippen LogP contribution in [0.1, 0.15) is 24.8 Å². The Kier molecular flexibility index (Phi) is 3.53. The predicted octanol–water partition coefficient (Wildman–Crippen LogP) is 2.73.